The predicted molar refractivity (Wildman–Crippen MR) is 123 cm³/mol. The average Bonchev–Trinajstić information content (AvgIpc) is 3.33. The van der Waals surface area contributed by atoms with E-state index in [1.165, 1.54) is 12.0 Å². The number of ether oxygens (including phenoxy) is 1. The molecule has 2 aliphatic carbocycles. The van der Waals surface area contributed by atoms with Crippen LogP contribution in [-0.4, -0.2) is 38.9 Å². The fourth-order valence-electron chi connectivity index (χ4n) is 5.71. The van der Waals surface area contributed by atoms with Crippen LogP contribution in [0.1, 0.15) is 37.4 Å². The lowest BCUT2D eigenvalue weighted by Crippen LogP contribution is -2.34. The zero-order valence-electron chi connectivity index (χ0n) is 19.0. The lowest BCUT2D eigenvalue weighted by atomic mass is 9.75. The number of hydrogen-bond donors (Lipinski definition) is 1. The lowest BCUT2D eigenvalue weighted by Gasteiger charge is -2.33. The summed E-state index contributed by atoms with van der Waals surface area (Å²) in [6.07, 6.45) is 3.81. The van der Waals surface area contributed by atoms with E-state index in [-0.39, 0.29) is 11.5 Å². The molecule has 0 spiro atoms. The first-order valence-corrected chi connectivity index (χ1v) is 11.2. The van der Waals surface area contributed by atoms with Gasteiger partial charge < -0.3 is 14.4 Å². The minimum Gasteiger partial charge on any atom is -0.480 e. The first-order valence-electron chi connectivity index (χ1n) is 11.2. The molecule has 2 aromatic heterocycles. The minimum atomic E-state index is -0.968. The first-order chi connectivity index (χ1) is 15.8. The molecule has 0 radical (unpaired) electrons. The highest BCUT2D eigenvalue weighted by Gasteiger charge is 2.60. The molecule has 1 amide bonds. The van der Waals surface area contributed by atoms with E-state index >= 15 is 0 Å². The minimum absolute atomic E-state index is 0.0198. The zero-order valence-corrected chi connectivity index (χ0v) is 19.0. The topological polar surface area (TPSA) is 104 Å². The lowest BCUT2D eigenvalue weighted by molar-refractivity contribution is 0.176. The van der Waals surface area contributed by atoms with Crippen LogP contribution in [0.3, 0.4) is 0 Å². The molecular weight excluding hydrogens is 418 g/mol. The van der Waals surface area contributed by atoms with Crippen LogP contribution < -0.4 is 9.64 Å². The van der Waals surface area contributed by atoms with Gasteiger partial charge in [0.15, 0.2) is 0 Å². The molecule has 2 heterocycles. The van der Waals surface area contributed by atoms with E-state index in [4.69, 9.17) is 4.74 Å². The van der Waals surface area contributed by atoms with E-state index in [0.29, 0.717) is 29.0 Å². The van der Waals surface area contributed by atoms with Crippen LogP contribution in [0.4, 0.5) is 10.5 Å². The normalized spacial score (nSPS) is 25.8. The highest BCUT2D eigenvalue weighted by atomic mass is 16.5. The zero-order chi connectivity index (χ0) is 23.3. The summed E-state index contributed by atoms with van der Waals surface area (Å²) in [4.78, 5) is 22.7. The van der Waals surface area contributed by atoms with Crippen LogP contribution in [0.2, 0.25) is 0 Å². The molecule has 3 aromatic rings. The number of nitrogens with zero attached hydrogens (tertiary/aromatic N) is 5. The van der Waals surface area contributed by atoms with E-state index in [1.807, 2.05) is 31.5 Å². The molecule has 0 aliphatic heterocycles. The fraction of sp³-hybridized carbons (Fsp3) is 0.440. The predicted octanol–water partition coefficient (Wildman–Crippen LogP) is 4.61. The summed E-state index contributed by atoms with van der Waals surface area (Å²) < 4.78 is 7.54. The van der Waals surface area contributed by atoms with Gasteiger partial charge in [0, 0.05) is 18.3 Å². The summed E-state index contributed by atoms with van der Waals surface area (Å²) >= 11 is 0. The van der Waals surface area contributed by atoms with Crippen LogP contribution >= 0.6 is 0 Å². The van der Waals surface area contributed by atoms with Crippen molar-refractivity contribution in [2.24, 2.45) is 17.3 Å². The van der Waals surface area contributed by atoms with Gasteiger partial charge in [0.05, 0.1) is 36.1 Å². The van der Waals surface area contributed by atoms with Gasteiger partial charge in [0.1, 0.15) is 5.69 Å². The van der Waals surface area contributed by atoms with Gasteiger partial charge in [-0.3, -0.25) is 4.90 Å². The Balaban J connectivity index is 1.38. The SMILES string of the molecule is COc1nc(C)ccc1N(C(=O)O)C1C2CC(C)(Cn3cnc4ccc(C#N)cc43)CC[C@H]21. The molecule has 3 unspecified atom stereocenters. The number of imidazole rings is 1. The summed E-state index contributed by atoms with van der Waals surface area (Å²) in [5.41, 5.74) is 3.79. The van der Waals surface area contributed by atoms with Crippen molar-refractivity contribution in [3.63, 3.8) is 0 Å². The van der Waals surface area contributed by atoms with Crippen molar-refractivity contribution in [2.75, 3.05) is 12.0 Å². The molecule has 8 nitrogen and oxygen atoms in total. The van der Waals surface area contributed by atoms with Crippen LogP contribution in [0.5, 0.6) is 5.88 Å². The standard InChI is InChI=1S/C25H27N5O3/c1-15-4-7-20(23(28-15)33-3)30(24(31)32)22-17-8-9-25(2,11-18(17)22)13-29-14-27-19-6-5-16(12-26)10-21(19)29/h4-7,10,14,17-18,22H,8-9,11,13H2,1-3H3,(H,31,32)/t17-,18?,22?,25?/m1/s1. The third kappa shape index (κ3) is 3.67. The van der Waals surface area contributed by atoms with Crippen LogP contribution in [0.25, 0.3) is 11.0 Å². The summed E-state index contributed by atoms with van der Waals surface area (Å²) in [5.74, 6) is 1.00. The van der Waals surface area contributed by atoms with Crippen LogP contribution in [0, 0.1) is 35.5 Å². The molecule has 4 atom stereocenters. The monoisotopic (exact) mass is 445 g/mol. The van der Waals surface area contributed by atoms with Crippen molar-refractivity contribution in [2.45, 2.75) is 45.7 Å². The van der Waals surface area contributed by atoms with Crippen molar-refractivity contribution in [3.8, 4) is 11.9 Å². The van der Waals surface area contributed by atoms with Crippen LogP contribution in [-0.2, 0) is 6.54 Å². The molecule has 33 heavy (non-hydrogen) atoms. The van der Waals surface area contributed by atoms with Crippen LogP contribution in [0.15, 0.2) is 36.7 Å². The molecule has 1 aromatic carbocycles. The molecule has 0 bridgehead atoms. The summed E-state index contributed by atoms with van der Waals surface area (Å²) in [6, 6.07) is 11.3. The molecular formula is C25H27N5O3. The van der Waals surface area contributed by atoms with E-state index < -0.39 is 6.09 Å². The maximum atomic E-state index is 12.3. The number of nitriles is 1. The Labute approximate surface area is 192 Å². The van der Waals surface area contributed by atoms with Gasteiger partial charge in [-0.05, 0) is 73.8 Å². The van der Waals surface area contributed by atoms with E-state index in [2.05, 4.69) is 27.5 Å². The number of rotatable bonds is 5. The molecule has 8 heteroatoms. The smallest absolute Gasteiger partial charge is 0.412 e. The van der Waals surface area contributed by atoms with Crippen molar-refractivity contribution in [1.29, 1.82) is 5.26 Å². The van der Waals surface area contributed by atoms with E-state index in [1.54, 1.807) is 12.1 Å². The Morgan fingerprint density at radius 3 is 2.91 bits per heavy atom. The number of fused-ring (bicyclic) bond motifs is 2. The van der Waals surface area contributed by atoms with Gasteiger partial charge in [-0.2, -0.15) is 5.26 Å². The average molecular weight is 446 g/mol. The van der Waals surface area contributed by atoms with Crippen molar-refractivity contribution in [3.05, 3.63) is 47.9 Å². The van der Waals surface area contributed by atoms with E-state index in [9.17, 15) is 15.2 Å². The van der Waals surface area contributed by atoms with Gasteiger partial charge in [0.25, 0.3) is 0 Å². The number of pyridine rings is 1. The number of methoxy groups -OCH3 is 1. The fourth-order valence-corrected chi connectivity index (χ4v) is 5.71. The molecule has 2 aliphatic rings. The van der Waals surface area contributed by atoms with Gasteiger partial charge >= 0.3 is 6.09 Å². The van der Waals surface area contributed by atoms with Crippen molar-refractivity contribution >= 4 is 22.8 Å². The Kier molecular flexibility index (Phi) is 5.00. The van der Waals surface area contributed by atoms with Gasteiger partial charge in [-0.25, -0.2) is 14.8 Å². The highest BCUT2D eigenvalue weighted by molar-refractivity contribution is 5.89. The maximum Gasteiger partial charge on any atom is 0.412 e. The number of carboxylic acid groups (broad SMARTS) is 1. The molecule has 2 fully saturated rings. The molecule has 170 valence electrons. The van der Waals surface area contributed by atoms with Crippen molar-refractivity contribution in [1.82, 2.24) is 14.5 Å². The Morgan fingerprint density at radius 1 is 1.36 bits per heavy atom. The second-order valence-electron chi connectivity index (χ2n) is 9.69. The van der Waals surface area contributed by atoms with Gasteiger partial charge in [-0.15, -0.1) is 0 Å². The Morgan fingerprint density at radius 2 is 2.18 bits per heavy atom. The number of hydrogen-bond acceptors (Lipinski definition) is 5. The Bertz CT molecular complexity index is 1280. The van der Waals surface area contributed by atoms with Crippen molar-refractivity contribution < 1.29 is 14.6 Å². The second kappa shape index (κ2) is 7.77. The number of anilines is 1. The van der Waals surface area contributed by atoms with Gasteiger partial charge in [-0.1, -0.05) is 6.92 Å². The molecule has 5 rings (SSSR count). The van der Waals surface area contributed by atoms with E-state index in [0.717, 1.165) is 42.5 Å². The Hall–Kier alpha value is -3.60. The first kappa shape index (κ1) is 21.3. The molecule has 1 N–H and O–H groups in total. The number of aryl methyl sites for hydroxylation is 1. The summed E-state index contributed by atoms with van der Waals surface area (Å²) in [5, 5.41) is 19.3. The third-order valence-electron chi connectivity index (χ3n) is 7.33. The summed E-state index contributed by atoms with van der Waals surface area (Å²) in [6.45, 7) is 4.92. The second-order valence-corrected chi connectivity index (χ2v) is 9.69. The number of aromatic nitrogens is 3. The quantitative estimate of drug-likeness (QED) is 0.615. The maximum absolute atomic E-state index is 12.3. The third-order valence-corrected chi connectivity index (χ3v) is 7.33. The van der Waals surface area contributed by atoms with Gasteiger partial charge in [0.2, 0.25) is 5.88 Å². The number of amides is 1. The highest BCUT2D eigenvalue weighted by Crippen LogP contribution is 2.59. The molecule has 0 saturated heterocycles. The molecule has 2 saturated carbocycles. The number of benzene rings is 1. The summed E-state index contributed by atoms with van der Waals surface area (Å²) in [7, 11) is 1.52. The largest absolute Gasteiger partial charge is 0.480 e. The number of carbonyl (C=O) groups is 1.